The maximum atomic E-state index is 12.4. The Bertz CT molecular complexity index is 680. The Morgan fingerprint density at radius 3 is 2.12 bits per heavy atom. The first kappa shape index (κ1) is 20.1. The molecule has 0 aromatic heterocycles. The van der Waals surface area contributed by atoms with Crippen LogP contribution in [0.2, 0.25) is 0 Å². The number of carbonyl (C=O) groups excluding carboxylic acids is 1. The lowest BCUT2D eigenvalue weighted by Crippen LogP contribution is -2.54. The lowest BCUT2D eigenvalue weighted by Gasteiger charge is -2.30. The van der Waals surface area contributed by atoms with Gasteiger partial charge in [-0.3, -0.25) is 9.59 Å². The Kier molecular flexibility index (Phi) is 6.50. The molecule has 0 spiro atoms. The summed E-state index contributed by atoms with van der Waals surface area (Å²) >= 11 is 0. The van der Waals surface area contributed by atoms with Crippen molar-refractivity contribution in [2.75, 3.05) is 12.8 Å². The minimum atomic E-state index is -3.59. The number of hydrogen-bond acceptors (Lipinski definition) is 4. The summed E-state index contributed by atoms with van der Waals surface area (Å²) in [5, 5.41) is 11.9. The summed E-state index contributed by atoms with van der Waals surface area (Å²) in [6.07, 6.45) is 0.975. The van der Waals surface area contributed by atoms with Crippen molar-refractivity contribution in [3.63, 3.8) is 0 Å². The van der Waals surface area contributed by atoms with Gasteiger partial charge in [-0.25, -0.2) is 13.1 Å². The van der Waals surface area contributed by atoms with Crippen molar-refractivity contribution < 1.29 is 23.1 Å². The van der Waals surface area contributed by atoms with Gasteiger partial charge in [-0.05, 0) is 11.0 Å². The average Bonchev–Trinajstić information content (AvgIpc) is 2.43. The van der Waals surface area contributed by atoms with Crippen molar-refractivity contribution >= 4 is 21.9 Å². The highest BCUT2D eigenvalue weighted by Crippen LogP contribution is 2.21. The smallest absolute Gasteiger partial charge is 0.312 e. The monoisotopic (exact) mass is 356 g/mol. The normalized spacial score (nSPS) is 14.7. The highest BCUT2D eigenvalue weighted by atomic mass is 32.2. The van der Waals surface area contributed by atoms with Crippen molar-refractivity contribution in [1.29, 1.82) is 0 Å². The summed E-state index contributed by atoms with van der Waals surface area (Å²) in [7, 11) is -3.59. The quantitative estimate of drug-likeness (QED) is 0.673. The molecular formula is C16H24N2O5S. The van der Waals surface area contributed by atoms with E-state index in [4.69, 9.17) is 0 Å². The number of aliphatic carboxylic acids is 1. The van der Waals surface area contributed by atoms with Gasteiger partial charge in [-0.2, -0.15) is 0 Å². The summed E-state index contributed by atoms with van der Waals surface area (Å²) in [4.78, 5) is 23.8. The number of hydrogen-bond donors (Lipinski definition) is 3. The molecule has 0 saturated carbocycles. The largest absolute Gasteiger partial charge is 0.481 e. The van der Waals surface area contributed by atoms with Gasteiger partial charge < -0.3 is 10.4 Å². The first-order chi connectivity index (χ1) is 10.9. The summed E-state index contributed by atoms with van der Waals surface area (Å²) in [5.41, 5.74) is -0.104. The van der Waals surface area contributed by atoms with Gasteiger partial charge in [0.05, 0.1) is 12.2 Å². The van der Waals surface area contributed by atoms with Crippen LogP contribution in [0.3, 0.4) is 0 Å². The van der Waals surface area contributed by atoms with E-state index in [1.54, 1.807) is 51.1 Å². The van der Waals surface area contributed by atoms with Crippen LogP contribution in [0, 0.1) is 5.41 Å². The van der Waals surface area contributed by atoms with Gasteiger partial charge in [-0.1, -0.05) is 51.1 Å². The lowest BCUT2D eigenvalue weighted by atomic mass is 9.86. The lowest BCUT2D eigenvalue weighted by molar-refractivity contribution is -0.138. The first-order valence-electron chi connectivity index (χ1n) is 7.44. The topological polar surface area (TPSA) is 113 Å². The molecule has 3 N–H and O–H groups in total. The molecule has 0 aliphatic heterocycles. The molecule has 7 nitrogen and oxygen atoms in total. The fraction of sp³-hybridized carbons (Fsp3) is 0.500. The molecule has 1 amide bonds. The van der Waals surface area contributed by atoms with E-state index in [0.29, 0.717) is 5.56 Å². The molecule has 1 aromatic carbocycles. The summed E-state index contributed by atoms with van der Waals surface area (Å²) < 4.78 is 25.3. The average molecular weight is 356 g/mol. The molecule has 2 atom stereocenters. The van der Waals surface area contributed by atoms with Gasteiger partial charge >= 0.3 is 5.97 Å². The van der Waals surface area contributed by atoms with E-state index < -0.39 is 39.3 Å². The van der Waals surface area contributed by atoms with Crippen LogP contribution in [0.25, 0.3) is 0 Å². The van der Waals surface area contributed by atoms with E-state index >= 15 is 0 Å². The highest BCUT2D eigenvalue weighted by Gasteiger charge is 2.34. The zero-order valence-corrected chi connectivity index (χ0v) is 15.1. The number of carbonyl (C=O) groups is 2. The molecule has 0 bridgehead atoms. The van der Waals surface area contributed by atoms with E-state index in [1.807, 2.05) is 0 Å². The van der Waals surface area contributed by atoms with E-state index in [0.717, 1.165) is 6.26 Å². The minimum absolute atomic E-state index is 0.129. The maximum absolute atomic E-state index is 12.4. The molecule has 8 heteroatoms. The summed E-state index contributed by atoms with van der Waals surface area (Å²) in [5.74, 6) is -2.53. The first-order valence-corrected chi connectivity index (χ1v) is 9.33. The zero-order valence-electron chi connectivity index (χ0n) is 14.2. The molecule has 0 saturated heterocycles. The number of nitrogens with one attached hydrogen (secondary N) is 2. The van der Waals surface area contributed by atoms with Crippen LogP contribution in [0.4, 0.5) is 0 Å². The number of amides is 1. The summed E-state index contributed by atoms with van der Waals surface area (Å²) in [6, 6.07) is 7.54. The van der Waals surface area contributed by atoms with Gasteiger partial charge in [0, 0.05) is 6.54 Å². The van der Waals surface area contributed by atoms with E-state index in [-0.39, 0.29) is 6.54 Å². The number of sulfonamides is 1. The second-order valence-electron chi connectivity index (χ2n) is 6.74. The van der Waals surface area contributed by atoms with Gasteiger partial charge in [0.15, 0.2) is 0 Å². The van der Waals surface area contributed by atoms with E-state index in [1.165, 1.54) is 0 Å². The van der Waals surface area contributed by atoms with Crippen molar-refractivity contribution in [1.82, 2.24) is 10.0 Å². The second kappa shape index (κ2) is 7.76. The number of benzene rings is 1. The molecule has 0 aliphatic rings. The number of carboxylic acids is 1. The standard InChI is InChI=1S/C16H24N2O5S/c1-16(2,3)13(18-24(4,22)23)14(19)17-10-12(15(20)21)11-8-6-5-7-9-11/h5-9,12-13,18H,10H2,1-4H3,(H,17,19)(H,20,21). The number of carboxylic acid groups (broad SMARTS) is 1. The fourth-order valence-corrected chi connectivity index (χ4v) is 3.06. The van der Waals surface area contributed by atoms with Crippen LogP contribution < -0.4 is 10.0 Å². The highest BCUT2D eigenvalue weighted by molar-refractivity contribution is 7.88. The van der Waals surface area contributed by atoms with Crippen LogP contribution in [-0.4, -0.2) is 44.2 Å². The van der Waals surface area contributed by atoms with Crippen molar-refractivity contribution in [3.8, 4) is 0 Å². The Labute approximate surface area is 142 Å². The molecule has 0 heterocycles. The van der Waals surface area contributed by atoms with Crippen LogP contribution >= 0.6 is 0 Å². The van der Waals surface area contributed by atoms with Crippen LogP contribution in [0.15, 0.2) is 30.3 Å². The van der Waals surface area contributed by atoms with Crippen molar-refractivity contribution in [3.05, 3.63) is 35.9 Å². The molecule has 0 aliphatic carbocycles. The maximum Gasteiger partial charge on any atom is 0.312 e. The van der Waals surface area contributed by atoms with Gasteiger partial charge in [0.2, 0.25) is 15.9 Å². The van der Waals surface area contributed by atoms with Crippen LogP contribution in [0.5, 0.6) is 0 Å². The third-order valence-electron chi connectivity index (χ3n) is 3.44. The Balaban J connectivity index is 2.88. The molecule has 1 aromatic rings. The molecule has 134 valence electrons. The Morgan fingerprint density at radius 1 is 1.17 bits per heavy atom. The predicted octanol–water partition coefficient (Wildman–Crippen LogP) is 0.935. The van der Waals surface area contributed by atoms with Crippen LogP contribution in [0.1, 0.15) is 32.3 Å². The van der Waals surface area contributed by atoms with E-state index in [2.05, 4.69) is 10.0 Å². The second-order valence-corrected chi connectivity index (χ2v) is 8.52. The molecule has 0 radical (unpaired) electrons. The summed E-state index contributed by atoms with van der Waals surface area (Å²) in [6.45, 7) is 5.04. The fourth-order valence-electron chi connectivity index (χ4n) is 2.18. The van der Waals surface area contributed by atoms with Gasteiger partial charge in [0.25, 0.3) is 0 Å². The van der Waals surface area contributed by atoms with Crippen molar-refractivity contribution in [2.24, 2.45) is 5.41 Å². The Morgan fingerprint density at radius 2 is 1.71 bits per heavy atom. The van der Waals surface area contributed by atoms with Gasteiger partial charge in [0.1, 0.15) is 6.04 Å². The van der Waals surface area contributed by atoms with Crippen molar-refractivity contribution in [2.45, 2.75) is 32.7 Å². The SMILES string of the molecule is CC(C)(C)C(NS(C)(=O)=O)C(=O)NCC(C(=O)O)c1ccccc1. The minimum Gasteiger partial charge on any atom is -0.481 e. The molecule has 0 fully saturated rings. The molecular weight excluding hydrogens is 332 g/mol. The third-order valence-corrected chi connectivity index (χ3v) is 4.10. The third kappa shape index (κ3) is 6.29. The Hall–Kier alpha value is -1.93. The zero-order chi connectivity index (χ0) is 18.5. The molecule has 24 heavy (non-hydrogen) atoms. The predicted molar refractivity (Wildman–Crippen MR) is 91.1 cm³/mol. The number of rotatable bonds is 7. The molecule has 2 unspecified atom stereocenters. The van der Waals surface area contributed by atoms with E-state index in [9.17, 15) is 23.1 Å². The van der Waals surface area contributed by atoms with Gasteiger partial charge in [-0.15, -0.1) is 0 Å². The van der Waals surface area contributed by atoms with Crippen LogP contribution in [-0.2, 0) is 19.6 Å². The molecule has 1 rings (SSSR count).